The van der Waals surface area contributed by atoms with Crippen LogP contribution in [0.3, 0.4) is 0 Å². The third-order valence-electron chi connectivity index (χ3n) is 3.36. The van der Waals surface area contributed by atoms with Crippen LogP contribution in [0.4, 0.5) is 5.82 Å². The normalized spacial score (nSPS) is 15.4. The van der Waals surface area contributed by atoms with Crippen LogP contribution >= 0.6 is 0 Å². The molecule has 118 valence electrons. The quantitative estimate of drug-likeness (QED) is 0.751. The Hall–Kier alpha value is -1.18. The van der Waals surface area contributed by atoms with Gasteiger partial charge in [-0.05, 0) is 25.3 Å². The Morgan fingerprint density at radius 1 is 1.48 bits per heavy atom. The van der Waals surface area contributed by atoms with E-state index in [1.54, 1.807) is 23.5 Å². The Labute approximate surface area is 126 Å². The van der Waals surface area contributed by atoms with Gasteiger partial charge in [-0.3, -0.25) is 0 Å². The molecule has 7 heteroatoms. The smallest absolute Gasteiger partial charge is 0.243 e. The highest BCUT2D eigenvalue weighted by molar-refractivity contribution is 7.89. The lowest BCUT2D eigenvalue weighted by Crippen LogP contribution is -2.35. The molecular weight excluding hydrogens is 290 g/mol. The van der Waals surface area contributed by atoms with Gasteiger partial charge in [0.05, 0.1) is 11.5 Å². The van der Waals surface area contributed by atoms with Crippen molar-refractivity contribution in [2.24, 2.45) is 0 Å². The van der Waals surface area contributed by atoms with Crippen LogP contribution in [0, 0.1) is 0 Å². The van der Waals surface area contributed by atoms with Crippen LogP contribution < -0.4 is 5.32 Å². The second-order valence-electron chi connectivity index (χ2n) is 5.14. The highest BCUT2D eigenvalue weighted by atomic mass is 32.2. The van der Waals surface area contributed by atoms with Crippen molar-refractivity contribution < 1.29 is 13.2 Å². The number of anilines is 1. The Balaban J connectivity index is 2.20. The molecule has 1 aliphatic rings. The molecule has 0 unspecified atom stereocenters. The van der Waals surface area contributed by atoms with Gasteiger partial charge < -0.3 is 10.1 Å². The number of aromatic nitrogens is 1. The molecule has 0 saturated heterocycles. The summed E-state index contributed by atoms with van der Waals surface area (Å²) in [5.74, 6) is 0.598. The van der Waals surface area contributed by atoms with Crippen molar-refractivity contribution >= 4 is 15.8 Å². The van der Waals surface area contributed by atoms with Gasteiger partial charge >= 0.3 is 0 Å². The van der Waals surface area contributed by atoms with Crippen LogP contribution in [0.1, 0.15) is 26.2 Å². The van der Waals surface area contributed by atoms with Gasteiger partial charge in [0.25, 0.3) is 0 Å². The maximum absolute atomic E-state index is 12.8. The second-order valence-corrected chi connectivity index (χ2v) is 7.03. The summed E-state index contributed by atoms with van der Waals surface area (Å²) in [5, 5.41) is 3.11. The molecule has 0 bridgehead atoms. The minimum absolute atomic E-state index is 0.116. The molecule has 0 aliphatic heterocycles. The molecule has 1 fully saturated rings. The maximum Gasteiger partial charge on any atom is 0.243 e. The molecule has 21 heavy (non-hydrogen) atoms. The monoisotopic (exact) mass is 313 g/mol. The molecule has 1 aromatic rings. The van der Waals surface area contributed by atoms with Crippen molar-refractivity contribution in [3.63, 3.8) is 0 Å². The van der Waals surface area contributed by atoms with Crippen LogP contribution in [-0.2, 0) is 14.8 Å². The molecule has 0 radical (unpaired) electrons. The predicted molar refractivity (Wildman–Crippen MR) is 81.8 cm³/mol. The van der Waals surface area contributed by atoms with Gasteiger partial charge in [0, 0.05) is 38.5 Å². The average molecular weight is 313 g/mol. The van der Waals surface area contributed by atoms with Gasteiger partial charge in [0.2, 0.25) is 10.0 Å². The number of hydrogen-bond donors (Lipinski definition) is 1. The lowest BCUT2D eigenvalue weighted by atomic mass is 10.4. The molecule has 2 rings (SSSR count). The Morgan fingerprint density at radius 3 is 2.86 bits per heavy atom. The van der Waals surface area contributed by atoms with Crippen molar-refractivity contribution in [3.05, 3.63) is 18.3 Å². The van der Waals surface area contributed by atoms with E-state index < -0.39 is 10.0 Å². The molecule has 1 N–H and O–H groups in total. The molecule has 0 spiro atoms. The third kappa shape index (κ3) is 4.15. The van der Waals surface area contributed by atoms with Crippen molar-refractivity contribution in [1.82, 2.24) is 9.29 Å². The van der Waals surface area contributed by atoms with Gasteiger partial charge in [0.15, 0.2) is 0 Å². The minimum Gasteiger partial charge on any atom is -0.383 e. The fourth-order valence-electron chi connectivity index (χ4n) is 2.10. The molecular formula is C14H23N3O3S. The van der Waals surface area contributed by atoms with Gasteiger partial charge in [-0.15, -0.1) is 0 Å². The van der Waals surface area contributed by atoms with Crippen molar-refractivity contribution in [3.8, 4) is 0 Å². The molecule has 0 amide bonds. The highest BCUT2D eigenvalue weighted by Gasteiger charge is 2.37. The molecule has 6 nitrogen and oxygen atoms in total. The van der Waals surface area contributed by atoms with Gasteiger partial charge in [0.1, 0.15) is 5.82 Å². The Kier molecular flexibility index (Phi) is 5.55. The van der Waals surface area contributed by atoms with Crippen LogP contribution in [0.2, 0.25) is 0 Å². The number of methoxy groups -OCH3 is 1. The first kappa shape index (κ1) is 16.2. The predicted octanol–water partition coefficient (Wildman–Crippen LogP) is 1.70. The van der Waals surface area contributed by atoms with Crippen molar-refractivity contribution in [2.45, 2.75) is 37.1 Å². The summed E-state index contributed by atoms with van der Waals surface area (Å²) in [7, 11) is -1.90. The first-order valence-corrected chi connectivity index (χ1v) is 8.74. The maximum atomic E-state index is 12.8. The van der Waals surface area contributed by atoms with Gasteiger partial charge in [-0.1, -0.05) is 6.92 Å². The fraction of sp³-hybridized carbons (Fsp3) is 0.643. The fourth-order valence-corrected chi connectivity index (χ4v) is 3.78. The van der Waals surface area contributed by atoms with E-state index in [4.69, 9.17) is 4.74 Å². The summed E-state index contributed by atoms with van der Waals surface area (Å²) in [6, 6.07) is 3.27. The van der Waals surface area contributed by atoms with Crippen LogP contribution in [0.15, 0.2) is 23.2 Å². The number of nitrogens with zero attached hydrogens (tertiary/aromatic N) is 2. The summed E-state index contributed by atoms with van der Waals surface area (Å²) in [4.78, 5) is 4.44. The van der Waals surface area contributed by atoms with Gasteiger partial charge in [-0.2, -0.15) is 4.31 Å². The number of hydrogen-bond acceptors (Lipinski definition) is 5. The molecule has 0 atom stereocenters. The van der Waals surface area contributed by atoms with E-state index in [1.165, 1.54) is 6.20 Å². The van der Waals surface area contributed by atoms with Crippen LogP contribution in [0.5, 0.6) is 0 Å². The number of sulfonamides is 1. The van der Waals surface area contributed by atoms with Crippen LogP contribution in [-0.4, -0.2) is 50.6 Å². The lowest BCUT2D eigenvalue weighted by molar-refractivity contribution is 0.177. The minimum atomic E-state index is -3.48. The van der Waals surface area contributed by atoms with Crippen molar-refractivity contribution in [1.29, 1.82) is 0 Å². The lowest BCUT2D eigenvalue weighted by Gasteiger charge is -2.21. The van der Waals surface area contributed by atoms with Crippen molar-refractivity contribution in [2.75, 3.05) is 32.1 Å². The first-order valence-electron chi connectivity index (χ1n) is 7.30. The van der Waals surface area contributed by atoms with E-state index in [-0.39, 0.29) is 6.04 Å². The number of ether oxygens (including phenoxy) is 1. The summed E-state index contributed by atoms with van der Waals surface area (Å²) in [5.41, 5.74) is 0. The number of nitrogens with one attached hydrogen (secondary N) is 1. The van der Waals surface area contributed by atoms with E-state index in [2.05, 4.69) is 10.3 Å². The summed E-state index contributed by atoms with van der Waals surface area (Å²) >= 11 is 0. The first-order chi connectivity index (χ1) is 10.1. The number of pyridine rings is 1. The topological polar surface area (TPSA) is 71.5 Å². The molecule has 1 saturated carbocycles. The Bertz CT molecular complexity index is 558. The highest BCUT2D eigenvalue weighted by Crippen LogP contribution is 2.32. The second kappa shape index (κ2) is 7.20. The SMILES string of the molecule is CCCNc1cc(S(=O)(=O)N(CCOC)C2CC2)ccn1. The van der Waals surface area contributed by atoms with E-state index in [1.807, 2.05) is 6.92 Å². The van der Waals surface area contributed by atoms with E-state index in [0.29, 0.717) is 23.9 Å². The van der Waals surface area contributed by atoms with Crippen LogP contribution in [0.25, 0.3) is 0 Å². The molecule has 1 aromatic heterocycles. The molecule has 1 aliphatic carbocycles. The molecule has 0 aromatic carbocycles. The van der Waals surface area contributed by atoms with E-state index in [9.17, 15) is 8.42 Å². The zero-order chi connectivity index (χ0) is 15.3. The summed E-state index contributed by atoms with van der Waals surface area (Å²) < 4.78 is 32.1. The third-order valence-corrected chi connectivity index (χ3v) is 5.31. The zero-order valence-electron chi connectivity index (χ0n) is 12.6. The largest absolute Gasteiger partial charge is 0.383 e. The molecule has 1 heterocycles. The van der Waals surface area contributed by atoms with E-state index >= 15 is 0 Å². The van der Waals surface area contributed by atoms with Gasteiger partial charge in [-0.25, -0.2) is 13.4 Å². The standard InChI is InChI=1S/C14H23N3O3S/c1-3-7-15-14-11-13(6-8-16-14)21(18,19)17(9-10-20-2)12-4-5-12/h6,8,11-12H,3-5,7,9-10H2,1-2H3,(H,15,16). The summed E-state index contributed by atoms with van der Waals surface area (Å²) in [6.07, 6.45) is 4.34. The number of rotatable bonds is 9. The van der Waals surface area contributed by atoms with E-state index in [0.717, 1.165) is 25.8 Å². The average Bonchev–Trinajstić information content (AvgIpc) is 3.30. The summed E-state index contributed by atoms with van der Waals surface area (Å²) in [6.45, 7) is 3.62. The zero-order valence-corrected chi connectivity index (χ0v) is 13.4. The Morgan fingerprint density at radius 2 is 2.24 bits per heavy atom.